The molecule has 1 aromatic carbocycles. The first-order chi connectivity index (χ1) is 11.1. The summed E-state index contributed by atoms with van der Waals surface area (Å²) in [5.41, 5.74) is 7.67. The molecule has 0 radical (unpaired) electrons. The molecule has 1 aliphatic carbocycles. The van der Waals surface area contributed by atoms with Crippen LogP contribution < -0.4 is 16.2 Å². The van der Waals surface area contributed by atoms with Gasteiger partial charge in [0.25, 0.3) is 5.91 Å². The van der Waals surface area contributed by atoms with E-state index in [1.54, 1.807) is 6.07 Å². The number of aromatic nitrogens is 1. The number of hydrogen-bond donors (Lipinski definition) is 3. The molecule has 0 bridgehead atoms. The molecule has 1 heterocycles. The molecule has 5 nitrogen and oxygen atoms in total. The fourth-order valence-electron chi connectivity index (χ4n) is 2.97. The summed E-state index contributed by atoms with van der Waals surface area (Å²) < 4.78 is 0. The Balaban J connectivity index is 1.67. The molecule has 3 rings (SSSR count). The van der Waals surface area contributed by atoms with Gasteiger partial charge in [-0.3, -0.25) is 20.6 Å². The molecule has 1 aliphatic rings. The molecule has 0 saturated heterocycles. The van der Waals surface area contributed by atoms with E-state index in [0.29, 0.717) is 16.7 Å². The number of carbonyl (C=O) groups excluding carboxylic acids is 1. The largest absolute Gasteiger partial charge is 0.359 e. The van der Waals surface area contributed by atoms with Crippen molar-refractivity contribution in [3.8, 4) is 0 Å². The van der Waals surface area contributed by atoms with E-state index in [0.717, 1.165) is 29.4 Å². The summed E-state index contributed by atoms with van der Waals surface area (Å²) >= 11 is 5.23. The second-order valence-electron chi connectivity index (χ2n) is 5.86. The molecule has 23 heavy (non-hydrogen) atoms. The number of nitrogens with zero attached hydrogens (tertiary/aromatic N) is 1. The Morgan fingerprint density at radius 3 is 2.74 bits per heavy atom. The molecule has 1 saturated carbocycles. The zero-order chi connectivity index (χ0) is 16.2. The lowest BCUT2D eigenvalue weighted by Gasteiger charge is -2.16. The molecular formula is C17H20N4OS. The maximum atomic E-state index is 12.5. The topological polar surface area (TPSA) is 66.1 Å². The molecule has 0 aliphatic heterocycles. The van der Waals surface area contributed by atoms with Crippen molar-refractivity contribution >= 4 is 34.1 Å². The number of amides is 1. The van der Waals surface area contributed by atoms with Crippen molar-refractivity contribution < 1.29 is 4.79 Å². The summed E-state index contributed by atoms with van der Waals surface area (Å²) in [6.45, 7) is 1.88. The van der Waals surface area contributed by atoms with Crippen molar-refractivity contribution in [2.24, 2.45) is 0 Å². The fourth-order valence-corrected chi connectivity index (χ4v) is 3.19. The monoisotopic (exact) mass is 328 g/mol. The fraction of sp³-hybridized carbons (Fsp3) is 0.353. The molecule has 1 amide bonds. The SMILES string of the molecule is Cc1cc(C(=O)NNC(=S)NC2CCCC2)c2ccccc2n1. The average Bonchev–Trinajstić information content (AvgIpc) is 3.04. The molecule has 1 fully saturated rings. The lowest BCUT2D eigenvalue weighted by Crippen LogP contribution is -2.49. The third-order valence-corrected chi connectivity index (χ3v) is 4.29. The summed E-state index contributed by atoms with van der Waals surface area (Å²) in [7, 11) is 0. The van der Waals surface area contributed by atoms with Crippen LogP contribution in [0.15, 0.2) is 30.3 Å². The number of carbonyl (C=O) groups is 1. The zero-order valence-corrected chi connectivity index (χ0v) is 13.9. The van der Waals surface area contributed by atoms with Crippen molar-refractivity contribution in [1.82, 2.24) is 21.2 Å². The van der Waals surface area contributed by atoms with E-state index < -0.39 is 0 Å². The average molecular weight is 328 g/mol. The molecule has 0 atom stereocenters. The van der Waals surface area contributed by atoms with Gasteiger partial charge in [0, 0.05) is 17.1 Å². The highest BCUT2D eigenvalue weighted by molar-refractivity contribution is 7.80. The molecule has 120 valence electrons. The predicted molar refractivity (Wildman–Crippen MR) is 95.1 cm³/mol. The third-order valence-electron chi connectivity index (χ3n) is 4.07. The van der Waals surface area contributed by atoms with E-state index in [2.05, 4.69) is 21.2 Å². The minimum absolute atomic E-state index is 0.220. The van der Waals surface area contributed by atoms with E-state index >= 15 is 0 Å². The number of pyridine rings is 1. The molecular weight excluding hydrogens is 308 g/mol. The van der Waals surface area contributed by atoms with Gasteiger partial charge in [-0.15, -0.1) is 0 Å². The van der Waals surface area contributed by atoms with Gasteiger partial charge in [0.05, 0.1) is 11.1 Å². The molecule has 0 spiro atoms. The van der Waals surface area contributed by atoms with Gasteiger partial charge in [-0.05, 0) is 44.1 Å². The van der Waals surface area contributed by atoms with Crippen LogP contribution in [0.1, 0.15) is 41.7 Å². The highest BCUT2D eigenvalue weighted by Gasteiger charge is 2.16. The van der Waals surface area contributed by atoms with Crippen LogP contribution in [0.2, 0.25) is 0 Å². The quantitative estimate of drug-likeness (QED) is 0.584. The van der Waals surface area contributed by atoms with E-state index in [-0.39, 0.29) is 5.91 Å². The van der Waals surface area contributed by atoms with Crippen LogP contribution in [0.5, 0.6) is 0 Å². The number of rotatable bonds is 2. The first-order valence-electron chi connectivity index (χ1n) is 7.87. The Bertz CT molecular complexity index is 740. The van der Waals surface area contributed by atoms with Crippen molar-refractivity contribution in [1.29, 1.82) is 0 Å². The smallest absolute Gasteiger partial charge is 0.270 e. The van der Waals surface area contributed by atoms with Crippen LogP contribution >= 0.6 is 12.2 Å². The number of hydrazine groups is 1. The Morgan fingerprint density at radius 1 is 1.22 bits per heavy atom. The van der Waals surface area contributed by atoms with Crippen LogP contribution in [-0.2, 0) is 0 Å². The maximum absolute atomic E-state index is 12.5. The van der Waals surface area contributed by atoms with Gasteiger partial charge in [-0.25, -0.2) is 0 Å². The number of aryl methyl sites for hydroxylation is 1. The molecule has 0 unspecified atom stereocenters. The Morgan fingerprint density at radius 2 is 1.96 bits per heavy atom. The van der Waals surface area contributed by atoms with Crippen molar-refractivity contribution in [2.75, 3.05) is 0 Å². The molecule has 3 N–H and O–H groups in total. The van der Waals surface area contributed by atoms with E-state index in [9.17, 15) is 4.79 Å². The first-order valence-corrected chi connectivity index (χ1v) is 8.27. The highest BCUT2D eigenvalue weighted by atomic mass is 32.1. The summed E-state index contributed by atoms with van der Waals surface area (Å²) in [6, 6.07) is 9.80. The first kappa shape index (κ1) is 15.7. The second kappa shape index (κ2) is 6.91. The summed E-state index contributed by atoms with van der Waals surface area (Å²) in [6.07, 6.45) is 4.72. The lowest BCUT2D eigenvalue weighted by molar-refractivity contribution is 0.0945. The number of hydrogen-bond acceptors (Lipinski definition) is 3. The van der Waals surface area contributed by atoms with Gasteiger partial charge < -0.3 is 5.32 Å². The van der Waals surface area contributed by atoms with E-state index in [4.69, 9.17) is 12.2 Å². The van der Waals surface area contributed by atoms with Crippen molar-refractivity contribution in [3.05, 3.63) is 41.6 Å². The van der Waals surface area contributed by atoms with Gasteiger partial charge in [0.1, 0.15) is 0 Å². The van der Waals surface area contributed by atoms with Crippen molar-refractivity contribution in [3.63, 3.8) is 0 Å². The van der Waals surface area contributed by atoms with Gasteiger partial charge in [-0.2, -0.15) is 0 Å². The number of thiocarbonyl (C=S) groups is 1. The molecule has 6 heteroatoms. The van der Waals surface area contributed by atoms with Gasteiger partial charge in [-0.1, -0.05) is 31.0 Å². The van der Waals surface area contributed by atoms with Crippen LogP contribution in [0.3, 0.4) is 0 Å². The third kappa shape index (κ3) is 3.76. The van der Waals surface area contributed by atoms with Gasteiger partial charge in [0.2, 0.25) is 0 Å². The molecule has 2 aromatic rings. The number of benzene rings is 1. The van der Waals surface area contributed by atoms with Crippen LogP contribution in [0, 0.1) is 6.92 Å². The molecule has 1 aromatic heterocycles. The second-order valence-corrected chi connectivity index (χ2v) is 6.27. The van der Waals surface area contributed by atoms with Crippen LogP contribution in [0.25, 0.3) is 10.9 Å². The minimum Gasteiger partial charge on any atom is -0.359 e. The normalized spacial score (nSPS) is 14.7. The van der Waals surface area contributed by atoms with Gasteiger partial charge in [0.15, 0.2) is 5.11 Å². The maximum Gasteiger partial charge on any atom is 0.270 e. The zero-order valence-electron chi connectivity index (χ0n) is 13.1. The summed E-state index contributed by atoms with van der Waals surface area (Å²) in [5, 5.41) is 4.51. The van der Waals surface area contributed by atoms with E-state index in [1.807, 2.05) is 31.2 Å². The van der Waals surface area contributed by atoms with Crippen LogP contribution in [0.4, 0.5) is 0 Å². The Kier molecular flexibility index (Phi) is 4.71. The Hall–Kier alpha value is -2.21. The number of fused-ring (bicyclic) bond motifs is 1. The number of nitrogens with one attached hydrogen (secondary N) is 3. The standard InChI is InChI=1S/C17H20N4OS/c1-11-10-14(13-8-4-5-9-15(13)18-11)16(22)20-21-17(23)19-12-6-2-3-7-12/h4-5,8-10,12H,2-3,6-7H2,1H3,(H,20,22)(H2,19,21,23). The van der Waals surface area contributed by atoms with Crippen LogP contribution in [-0.4, -0.2) is 22.0 Å². The lowest BCUT2D eigenvalue weighted by atomic mass is 10.1. The van der Waals surface area contributed by atoms with Crippen molar-refractivity contribution in [2.45, 2.75) is 38.6 Å². The van der Waals surface area contributed by atoms with Gasteiger partial charge >= 0.3 is 0 Å². The number of para-hydroxylation sites is 1. The minimum atomic E-state index is -0.220. The van der Waals surface area contributed by atoms with E-state index in [1.165, 1.54) is 12.8 Å². The highest BCUT2D eigenvalue weighted by Crippen LogP contribution is 2.18. The summed E-state index contributed by atoms with van der Waals surface area (Å²) in [4.78, 5) is 16.9. The summed E-state index contributed by atoms with van der Waals surface area (Å²) in [5.74, 6) is -0.220. The predicted octanol–water partition coefficient (Wildman–Crippen LogP) is 2.59. The Labute approximate surface area is 140 Å².